The zero-order chi connectivity index (χ0) is 12.3. The average Bonchev–Trinajstić information content (AvgIpc) is 2.33. The van der Waals surface area contributed by atoms with Crippen LogP contribution >= 0.6 is 15.9 Å². The highest BCUT2D eigenvalue weighted by Crippen LogP contribution is 2.26. The van der Waals surface area contributed by atoms with Crippen molar-refractivity contribution in [2.45, 2.75) is 20.4 Å². The lowest BCUT2D eigenvalue weighted by Gasteiger charge is -2.11. The van der Waals surface area contributed by atoms with E-state index in [-0.39, 0.29) is 0 Å². The van der Waals surface area contributed by atoms with Crippen LogP contribution in [0.4, 0.5) is 5.69 Å². The molecule has 0 aliphatic rings. The highest BCUT2D eigenvalue weighted by atomic mass is 79.9. The molecule has 0 aromatic heterocycles. The van der Waals surface area contributed by atoms with Gasteiger partial charge in [0.25, 0.3) is 0 Å². The Hall–Kier alpha value is -1.28. The van der Waals surface area contributed by atoms with Gasteiger partial charge in [-0.2, -0.15) is 0 Å². The first-order valence-corrected chi connectivity index (χ1v) is 6.51. The lowest BCUT2D eigenvalue weighted by atomic mass is 10.1. The summed E-state index contributed by atoms with van der Waals surface area (Å²) in [5, 5.41) is 3.46. The molecule has 2 heteroatoms. The van der Waals surface area contributed by atoms with Crippen molar-refractivity contribution >= 4 is 21.6 Å². The Labute approximate surface area is 111 Å². The van der Waals surface area contributed by atoms with E-state index in [9.17, 15) is 0 Å². The van der Waals surface area contributed by atoms with Crippen molar-refractivity contribution in [3.8, 4) is 0 Å². The van der Waals surface area contributed by atoms with E-state index in [4.69, 9.17) is 0 Å². The molecule has 2 aromatic carbocycles. The van der Waals surface area contributed by atoms with Crippen LogP contribution in [-0.4, -0.2) is 0 Å². The molecule has 0 heterocycles. The average molecular weight is 290 g/mol. The van der Waals surface area contributed by atoms with Gasteiger partial charge < -0.3 is 5.32 Å². The lowest BCUT2D eigenvalue weighted by Crippen LogP contribution is -2.02. The molecule has 2 aromatic rings. The van der Waals surface area contributed by atoms with E-state index in [1.54, 1.807) is 0 Å². The maximum absolute atomic E-state index is 3.61. The van der Waals surface area contributed by atoms with Gasteiger partial charge in [-0.3, -0.25) is 0 Å². The molecular weight excluding hydrogens is 274 g/mol. The molecule has 0 aliphatic carbocycles. The summed E-state index contributed by atoms with van der Waals surface area (Å²) in [6.07, 6.45) is 0. The van der Waals surface area contributed by atoms with Crippen LogP contribution in [0.25, 0.3) is 0 Å². The zero-order valence-electron chi connectivity index (χ0n) is 10.1. The molecule has 0 radical (unpaired) electrons. The van der Waals surface area contributed by atoms with Gasteiger partial charge in [-0.25, -0.2) is 0 Å². The lowest BCUT2D eigenvalue weighted by molar-refractivity contribution is 1.11. The number of hydrogen-bond acceptors (Lipinski definition) is 1. The van der Waals surface area contributed by atoms with E-state index < -0.39 is 0 Å². The molecular formula is C15H16BrN. The summed E-state index contributed by atoms with van der Waals surface area (Å²) < 4.78 is 1.15. The van der Waals surface area contributed by atoms with Crippen LogP contribution in [0.5, 0.6) is 0 Å². The number of rotatable bonds is 3. The van der Waals surface area contributed by atoms with Crippen LogP contribution in [0, 0.1) is 13.8 Å². The van der Waals surface area contributed by atoms with Gasteiger partial charge in [0, 0.05) is 16.7 Å². The summed E-state index contributed by atoms with van der Waals surface area (Å²) in [5.41, 5.74) is 5.05. The van der Waals surface area contributed by atoms with Gasteiger partial charge >= 0.3 is 0 Å². The highest BCUT2D eigenvalue weighted by molar-refractivity contribution is 9.10. The molecule has 0 unspecified atom stereocenters. The van der Waals surface area contributed by atoms with Gasteiger partial charge in [0.1, 0.15) is 0 Å². The van der Waals surface area contributed by atoms with Gasteiger partial charge in [0.15, 0.2) is 0 Å². The molecule has 0 atom stereocenters. The van der Waals surface area contributed by atoms with E-state index in [2.05, 4.69) is 77.6 Å². The number of hydrogen-bond donors (Lipinski definition) is 1. The molecule has 17 heavy (non-hydrogen) atoms. The molecule has 0 amide bonds. The first-order chi connectivity index (χ1) is 8.18. The van der Waals surface area contributed by atoms with Crippen LogP contribution in [0.1, 0.15) is 16.7 Å². The third-order valence-corrected chi connectivity index (χ3v) is 3.97. The number of halogens is 1. The van der Waals surface area contributed by atoms with Crippen LogP contribution in [-0.2, 0) is 6.54 Å². The Morgan fingerprint density at radius 2 is 1.65 bits per heavy atom. The van der Waals surface area contributed by atoms with Crippen molar-refractivity contribution in [1.29, 1.82) is 0 Å². The van der Waals surface area contributed by atoms with E-state index in [0.29, 0.717) is 0 Å². The van der Waals surface area contributed by atoms with Gasteiger partial charge in [0.05, 0.1) is 0 Å². The molecule has 1 nitrogen and oxygen atoms in total. The smallest absolute Gasteiger partial charge is 0.0490 e. The number of anilines is 1. The second kappa shape index (κ2) is 5.37. The van der Waals surface area contributed by atoms with Gasteiger partial charge in [-0.1, -0.05) is 36.4 Å². The molecule has 0 spiro atoms. The van der Waals surface area contributed by atoms with Crippen LogP contribution in [0.3, 0.4) is 0 Å². The maximum atomic E-state index is 3.61. The second-order valence-corrected chi connectivity index (χ2v) is 5.01. The third kappa shape index (κ3) is 2.89. The fraction of sp³-hybridized carbons (Fsp3) is 0.200. The molecule has 0 aliphatic heterocycles. The normalized spacial score (nSPS) is 10.3. The maximum Gasteiger partial charge on any atom is 0.0490 e. The fourth-order valence-electron chi connectivity index (χ4n) is 1.78. The monoisotopic (exact) mass is 289 g/mol. The molecule has 0 fully saturated rings. The minimum absolute atomic E-state index is 0.856. The van der Waals surface area contributed by atoms with Crippen molar-refractivity contribution in [3.63, 3.8) is 0 Å². The Kier molecular flexibility index (Phi) is 3.85. The summed E-state index contributed by atoms with van der Waals surface area (Å²) in [6, 6.07) is 14.7. The predicted octanol–water partition coefficient (Wildman–Crippen LogP) is 4.68. The second-order valence-electron chi connectivity index (χ2n) is 4.22. The highest BCUT2D eigenvalue weighted by Gasteiger charge is 2.02. The van der Waals surface area contributed by atoms with Gasteiger partial charge in [0.2, 0.25) is 0 Å². The first-order valence-electron chi connectivity index (χ1n) is 5.72. The van der Waals surface area contributed by atoms with Gasteiger partial charge in [-0.05, 0) is 52.5 Å². The standard InChI is InChI=1S/C15H16BrN/c1-11-6-3-4-8-13(11)10-17-14-9-5-7-12(2)15(14)16/h3-9,17H,10H2,1-2H3. The largest absolute Gasteiger partial charge is 0.380 e. The van der Waals surface area contributed by atoms with E-state index in [1.807, 2.05) is 0 Å². The quantitative estimate of drug-likeness (QED) is 0.865. The summed E-state index contributed by atoms with van der Waals surface area (Å²) in [5.74, 6) is 0. The van der Waals surface area contributed by atoms with Crippen molar-refractivity contribution < 1.29 is 0 Å². The minimum Gasteiger partial charge on any atom is -0.380 e. The Bertz CT molecular complexity index is 520. The SMILES string of the molecule is Cc1ccccc1CNc1cccc(C)c1Br. The summed E-state index contributed by atoms with van der Waals surface area (Å²) in [6.45, 7) is 5.10. The Morgan fingerprint density at radius 3 is 2.41 bits per heavy atom. The molecule has 0 bridgehead atoms. The van der Waals surface area contributed by atoms with Crippen molar-refractivity contribution in [1.82, 2.24) is 0 Å². The van der Waals surface area contributed by atoms with Crippen molar-refractivity contribution in [3.05, 3.63) is 63.6 Å². The van der Waals surface area contributed by atoms with Crippen LogP contribution < -0.4 is 5.32 Å². The molecule has 0 saturated heterocycles. The third-order valence-electron chi connectivity index (χ3n) is 2.92. The number of aryl methyl sites for hydroxylation is 2. The summed E-state index contributed by atoms with van der Waals surface area (Å²) in [7, 11) is 0. The van der Waals surface area contributed by atoms with E-state index in [1.165, 1.54) is 16.7 Å². The zero-order valence-corrected chi connectivity index (χ0v) is 11.7. The number of nitrogens with one attached hydrogen (secondary N) is 1. The molecule has 88 valence electrons. The summed E-state index contributed by atoms with van der Waals surface area (Å²) >= 11 is 3.61. The molecule has 1 N–H and O–H groups in total. The van der Waals surface area contributed by atoms with Crippen molar-refractivity contribution in [2.24, 2.45) is 0 Å². The predicted molar refractivity (Wildman–Crippen MR) is 77.4 cm³/mol. The number of benzene rings is 2. The summed E-state index contributed by atoms with van der Waals surface area (Å²) in [4.78, 5) is 0. The molecule has 2 rings (SSSR count). The fourth-order valence-corrected chi connectivity index (χ4v) is 2.19. The first kappa shape index (κ1) is 12.2. The van der Waals surface area contributed by atoms with Crippen molar-refractivity contribution in [2.75, 3.05) is 5.32 Å². The molecule has 0 saturated carbocycles. The van der Waals surface area contributed by atoms with E-state index in [0.717, 1.165) is 16.7 Å². The van der Waals surface area contributed by atoms with Crippen LogP contribution in [0.2, 0.25) is 0 Å². The minimum atomic E-state index is 0.856. The van der Waals surface area contributed by atoms with Crippen LogP contribution in [0.15, 0.2) is 46.9 Å². The Balaban J connectivity index is 2.13. The Morgan fingerprint density at radius 1 is 0.941 bits per heavy atom. The topological polar surface area (TPSA) is 12.0 Å². The van der Waals surface area contributed by atoms with E-state index >= 15 is 0 Å². The van der Waals surface area contributed by atoms with Gasteiger partial charge in [-0.15, -0.1) is 0 Å².